The van der Waals surface area contributed by atoms with Crippen LogP contribution in [0.4, 0.5) is 0 Å². The Morgan fingerprint density at radius 1 is 1.19 bits per heavy atom. The molecule has 2 aromatic carbocycles. The maximum absolute atomic E-state index is 12.2. The van der Waals surface area contributed by atoms with Crippen LogP contribution in [0.1, 0.15) is 36.5 Å². The number of nitrogens with one attached hydrogen (secondary N) is 1. The van der Waals surface area contributed by atoms with E-state index in [4.69, 9.17) is 4.74 Å². The standard InChI is InChI=1S/C21H23N3O2S/c1-14(2)16-10-8-15(9-11-16)12-19-20(25)23-21(27-19)24-22-13-17-6-4-5-7-18(17)26-3/h4-11,13-14,19H,12H2,1-3H3,(H,23,24,25)/b22-13+. The van der Waals surface area contributed by atoms with Gasteiger partial charge in [0.15, 0.2) is 5.17 Å². The molecule has 1 atom stereocenters. The van der Waals surface area contributed by atoms with E-state index in [9.17, 15) is 4.79 Å². The molecular weight excluding hydrogens is 358 g/mol. The number of methoxy groups -OCH3 is 1. The number of thioether (sulfide) groups is 1. The lowest BCUT2D eigenvalue weighted by Crippen LogP contribution is -2.25. The second kappa shape index (κ2) is 8.86. The fourth-order valence-corrected chi connectivity index (χ4v) is 3.72. The number of rotatable bonds is 6. The number of nitrogens with zero attached hydrogens (tertiary/aromatic N) is 2. The Morgan fingerprint density at radius 2 is 1.93 bits per heavy atom. The molecule has 1 aliphatic rings. The lowest BCUT2D eigenvalue weighted by Gasteiger charge is -2.08. The highest BCUT2D eigenvalue weighted by Crippen LogP contribution is 2.24. The third kappa shape index (κ3) is 4.98. The number of hydrogen-bond acceptors (Lipinski definition) is 5. The lowest BCUT2D eigenvalue weighted by atomic mass is 10.0. The van der Waals surface area contributed by atoms with E-state index in [0.717, 1.165) is 16.9 Å². The van der Waals surface area contributed by atoms with E-state index in [2.05, 4.69) is 53.6 Å². The quantitative estimate of drug-likeness (QED) is 0.608. The summed E-state index contributed by atoms with van der Waals surface area (Å²) in [4.78, 5) is 12.2. The monoisotopic (exact) mass is 381 g/mol. The Bertz CT molecular complexity index is 860. The van der Waals surface area contributed by atoms with Crippen molar-refractivity contribution >= 4 is 29.1 Å². The number of hydrogen-bond donors (Lipinski definition) is 1. The second-order valence-corrected chi connectivity index (χ2v) is 7.78. The molecule has 0 bridgehead atoms. The highest BCUT2D eigenvalue weighted by atomic mass is 32.2. The molecule has 2 aromatic rings. The molecule has 0 aliphatic carbocycles. The number of carbonyl (C=O) groups excluding carboxylic acids is 1. The van der Waals surface area contributed by atoms with Gasteiger partial charge < -0.3 is 10.1 Å². The Morgan fingerprint density at radius 3 is 2.63 bits per heavy atom. The minimum absolute atomic E-state index is 0.0285. The predicted molar refractivity (Wildman–Crippen MR) is 112 cm³/mol. The first-order valence-corrected chi connectivity index (χ1v) is 9.75. The molecule has 1 aliphatic heterocycles. The van der Waals surface area contributed by atoms with Crippen molar-refractivity contribution in [2.75, 3.05) is 7.11 Å². The molecule has 1 unspecified atom stereocenters. The zero-order chi connectivity index (χ0) is 19.2. The minimum atomic E-state index is -0.185. The highest BCUT2D eigenvalue weighted by molar-refractivity contribution is 8.15. The van der Waals surface area contributed by atoms with Crippen LogP contribution in [0.25, 0.3) is 0 Å². The van der Waals surface area contributed by atoms with Crippen molar-refractivity contribution in [3.05, 3.63) is 65.2 Å². The van der Waals surface area contributed by atoms with Crippen molar-refractivity contribution in [2.24, 2.45) is 10.2 Å². The summed E-state index contributed by atoms with van der Waals surface area (Å²) in [5, 5.41) is 11.4. The Kier molecular flexibility index (Phi) is 6.29. The largest absolute Gasteiger partial charge is 0.496 e. The maximum atomic E-state index is 12.2. The van der Waals surface area contributed by atoms with E-state index in [1.165, 1.54) is 17.3 Å². The van der Waals surface area contributed by atoms with Gasteiger partial charge in [-0.3, -0.25) is 4.79 Å². The molecule has 0 saturated carbocycles. The van der Waals surface area contributed by atoms with Gasteiger partial charge in [0.05, 0.1) is 18.6 Å². The summed E-state index contributed by atoms with van der Waals surface area (Å²) in [6.45, 7) is 4.34. The average Bonchev–Trinajstić information content (AvgIpc) is 3.02. The number of carbonyl (C=O) groups is 1. The van der Waals surface area contributed by atoms with E-state index in [0.29, 0.717) is 17.5 Å². The van der Waals surface area contributed by atoms with Crippen LogP contribution < -0.4 is 10.1 Å². The molecule has 1 amide bonds. The molecule has 1 heterocycles. The van der Waals surface area contributed by atoms with Gasteiger partial charge in [0.2, 0.25) is 5.91 Å². The summed E-state index contributed by atoms with van der Waals surface area (Å²) < 4.78 is 5.28. The first-order valence-electron chi connectivity index (χ1n) is 8.87. The molecule has 1 fully saturated rings. The van der Waals surface area contributed by atoms with Crippen LogP contribution in [-0.4, -0.2) is 29.6 Å². The summed E-state index contributed by atoms with van der Waals surface area (Å²) >= 11 is 1.41. The Labute approximate surface area is 163 Å². The van der Waals surface area contributed by atoms with E-state index in [1.54, 1.807) is 13.3 Å². The third-order valence-electron chi connectivity index (χ3n) is 4.33. The second-order valence-electron chi connectivity index (χ2n) is 6.59. The van der Waals surface area contributed by atoms with Crippen molar-refractivity contribution in [3.8, 4) is 5.75 Å². The molecule has 3 rings (SSSR count). The first-order chi connectivity index (χ1) is 13.1. The van der Waals surface area contributed by atoms with Gasteiger partial charge >= 0.3 is 0 Å². The van der Waals surface area contributed by atoms with Crippen LogP contribution in [0.3, 0.4) is 0 Å². The number of para-hydroxylation sites is 1. The maximum Gasteiger partial charge on any atom is 0.239 e. The molecule has 1 N–H and O–H groups in total. The van der Waals surface area contributed by atoms with Crippen molar-refractivity contribution in [1.29, 1.82) is 0 Å². The van der Waals surface area contributed by atoms with Crippen LogP contribution in [0, 0.1) is 0 Å². The Hall–Kier alpha value is -2.60. The number of amidine groups is 1. The molecule has 5 nitrogen and oxygen atoms in total. The average molecular weight is 382 g/mol. The zero-order valence-electron chi connectivity index (χ0n) is 15.7. The molecule has 140 valence electrons. The summed E-state index contributed by atoms with van der Waals surface area (Å²) in [5.74, 6) is 1.20. The van der Waals surface area contributed by atoms with Gasteiger partial charge in [-0.05, 0) is 35.6 Å². The first kappa shape index (κ1) is 19.2. The van der Waals surface area contributed by atoms with E-state index in [1.807, 2.05) is 24.3 Å². The fourth-order valence-electron chi connectivity index (χ4n) is 2.76. The summed E-state index contributed by atoms with van der Waals surface area (Å²) in [6, 6.07) is 16.0. The topological polar surface area (TPSA) is 63.1 Å². The minimum Gasteiger partial charge on any atom is -0.496 e. The van der Waals surface area contributed by atoms with Crippen LogP contribution >= 0.6 is 11.8 Å². The van der Waals surface area contributed by atoms with Crippen LogP contribution in [0.15, 0.2) is 58.7 Å². The van der Waals surface area contributed by atoms with E-state index in [-0.39, 0.29) is 11.2 Å². The summed E-state index contributed by atoms with van der Waals surface area (Å²) in [6.07, 6.45) is 2.29. The number of benzene rings is 2. The molecule has 0 radical (unpaired) electrons. The molecule has 0 aromatic heterocycles. The van der Waals surface area contributed by atoms with Gasteiger partial charge in [-0.2, -0.15) is 5.10 Å². The smallest absolute Gasteiger partial charge is 0.239 e. The van der Waals surface area contributed by atoms with Crippen LogP contribution in [-0.2, 0) is 11.2 Å². The molecule has 0 spiro atoms. The SMILES string of the molecule is COc1ccccc1/C=N/N=C1\NC(=O)C(Cc2ccc(C(C)C)cc2)S1. The molecular formula is C21H23N3O2S. The number of amides is 1. The lowest BCUT2D eigenvalue weighted by molar-refractivity contribution is -0.118. The normalized spacial score (nSPS) is 18.4. The van der Waals surface area contributed by atoms with E-state index < -0.39 is 0 Å². The van der Waals surface area contributed by atoms with Crippen molar-refractivity contribution in [1.82, 2.24) is 5.32 Å². The van der Waals surface area contributed by atoms with Gasteiger partial charge in [-0.1, -0.05) is 62.0 Å². The third-order valence-corrected chi connectivity index (χ3v) is 5.40. The zero-order valence-corrected chi connectivity index (χ0v) is 16.5. The molecule has 1 saturated heterocycles. The molecule has 6 heteroatoms. The summed E-state index contributed by atoms with van der Waals surface area (Å²) in [5.41, 5.74) is 3.28. The van der Waals surface area contributed by atoms with Crippen molar-refractivity contribution < 1.29 is 9.53 Å². The fraction of sp³-hybridized carbons (Fsp3) is 0.286. The Balaban J connectivity index is 1.62. The van der Waals surface area contributed by atoms with Gasteiger partial charge in [-0.25, -0.2) is 0 Å². The van der Waals surface area contributed by atoms with Gasteiger partial charge in [0.25, 0.3) is 0 Å². The van der Waals surface area contributed by atoms with Crippen LogP contribution in [0.5, 0.6) is 5.75 Å². The molecule has 27 heavy (non-hydrogen) atoms. The van der Waals surface area contributed by atoms with Crippen LogP contribution in [0.2, 0.25) is 0 Å². The number of ether oxygens (including phenoxy) is 1. The summed E-state index contributed by atoms with van der Waals surface area (Å²) in [7, 11) is 1.61. The van der Waals surface area contributed by atoms with Crippen molar-refractivity contribution in [3.63, 3.8) is 0 Å². The van der Waals surface area contributed by atoms with Gasteiger partial charge in [-0.15, -0.1) is 5.10 Å². The van der Waals surface area contributed by atoms with Gasteiger partial charge in [0, 0.05) is 5.56 Å². The predicted octanol–water partition coefficient (Wildman–Crippen LogP) is 3.98. The van der Waals surface area contributed by atoms with Gasteiger partial charge in [0.1, 0.15) is 5.75 Å². The van der Waals surface area contributed by atoms with Crippen molar-refractivity contribution in [2.45, 2.75) is 31.4 Å². The highest BCUT2D eigenvalue weighted by Gasteiger charge is 2.30. The van der Waals surface area contributed by atoms with E-state index >= 15 is 0 Å².